The molecule has 0 fully saturated rings. The maximum absolute atomic E-state index is 13.3. The van der Waals surface area contributed by atoms with E-state index in [9.17, 15) is 4.39 Å². The van der Waals surface area contributed by atoms with Gasteiger partial charge in [-0.1, -0.05) is 27.5 Å². The normalized spacial score (nSPS) is 12.4. The molecule has 0 aliphatic rings. The van der Waals surface area contributed by atoms with Gasteiger partial charge >= 0.3 is 0 Å². The monoisotopic (exact) mass is 343 g/mol. The smallest absolute Gasteiger partial charge is 0.124 e. The minimum absolute atomic E-state index is 0.203. The maximum atomic E-state index is 13.3. The second kappa shape index (κ2) is 6.43. The number of halogens is 3. The first kappa shape index (κ1) is 14.4. The second-order valence-electron chi connectivity index (χ2n) is 4.10. The zero-order valence-electron chi connectivity index (χ0n) is 9.91. The molecule has 1 aromatic heterocycles. The summed E-state index contributed by atoms with van der Waals surface area (Å²) in [5.41, 5.74) is 4.26. The zero-order valence-corrected chi connectivity index (χ0v) is 12.2. The van der Waals surface area contributed by atoms with E-state index in [1.165, 1.54) is 12.1 Å². The van der Waals surface area contributed by atoms with Crippen molar-refractivity contribution in [2.75, 3.05) is 0 Å². The van der Waals surface area contributed by atoms with Crippen molar-refractivity contribution in [2.45, 2.75) is 12.5 Å². The number of hydrazine groups is 1. The molecule has 0 spiro atoms. The van der Waals surface area contributed by atoms with Crippen LogP contribution in [-0.2, 0) is 6.42 Å². The van der Waals surface area contributed by atoms with Crippen LogP contribution in [0.2, 0.25) is 5.02 Å². The summed E-state index contributed by atoms with van der Waals surface area (Å²) in [6.07, 6.45) is 2.09. The van der Waals surface area contributed by atoms with Crippen LogP contribution in [0.4, 0.5) is 4.39 Å². The van der Waals surface area contributed by atoms with E-state index in [0.29, 0.717) is 15.9 Å². The summed E-state index contributed by atoms with van der Waals surface area (Å²) >= 11 is 9.06. The summed E-state index contributed by atoms with van der Waals surface area (Å²) in [6, 6.07) is 8.08. The molecular formula is C13H12BrClFN3. The van der Waals surface area contributed by atoms with Crippen LogP contribution in [0.5, 0.6) is 0 Å². The fourth-order valence-electron chi connectivity index (χ4n) is 1.81. The summed E-state index contributed by atoms with van der Waals surface area (Å²) in [7, 11) is 0. The lowest BCUT2D eigenvalue weighted by Crippen LogP contribution is -2.30. The molecule has 2 aromatic rings. The molecule has 0 saturated heterocycles. The average molecular weight is 345 g/mol. The van der Waals surface area contributed by atoms with Gasteiger partial charge in [-0.2, -0.15) is 0 Å². The van der Waals surface area contributed by atoms with Gasteiger partial charge in [-0.25, -0.2) is 4.39 Å². The van der Waals surface area contributed by atoms with E-state index in [1.54, 1.807) is 18.3 Å². The number of aromatic nitrogens is 1. The quantitative estimate of drug-likeness (QED) is 0.660. The molecule has 100 valence electrons. The number of nitrogens with one attached hydrogen (secondary N) is 1. The van der Waals surface area contributed by atoms with E-state index in [2.05, 4.69) is 26.3 Å². The summed E-state index contributed by atoms with van der Waals surface area (Å²) < 4.78 is 14.0. The van der Waals surface area contributed by atoms with E-state index >= 15 is 0 Å². The SMILES string of the molecule is NNC(Cc1cc(F)cc(Br)c1)c1ccc(Cl)cn1. The van der Waals surface area contributed by atoms with Crippen LogP contribution in [-0.4, -0.2) is 4.98 Å². The third-order valence-electron chi connectivity index (χ3n) is 2.67. The molecule has 0 aliphatic heterocycles. The van der Waals surface area contributed by atoms with Gasteiger partial charge in [-0.15, -0.1) is 0 Å². The van der Waals surface area contributed by atoms with Crippen molar-refractivity contribution < 1.29 is 4.39 Å². The van der Waals surface area contributed by atoms with Gasteiger partial charge in [0.15, 0.2) is 0 Å². The number of nitrogens with zero attached hydrogens (tertiary/aromatic N) is 1. The highest BCUT2D eigenvalue weighted by atomic mass is 79.9. The zero-order chi connectivity index (χ0) is 13.8. The minimum atomic E-state index is -0.288. The van der Waals surface area contributed by atoms with E-state index < -0.39 is 0 Å². The van der Waals surface area contributed by atoms with Crippen molar-refractivity contribution in [1.29, 1.82) is 0 Å². The van der Waals surface area contributed by atoms with E-state index in [-0.39, 0.29) is 11.9 Å². The number of benzene rings is 1. The Hall–Kier alpha value is -1.01. The van der Waals surface area contributed by atoms with Gasteiger partial charge in [0, 0.05) is 10.7 Å². The molecule has 3 N–H and O–H groups in total. The lowest BCUT2D eigenvalue weighted by molar-refractivity contribution is 0.535. The molecule has 1 atom stereocenters. The highest BCUT2D eigenvalue weighted by Crippen LogP contribution is 2.21. The van der Waals surface area contributed by atoms with Crippen molar-refractivity contribution in [1.82, 2.24) is 10.4 Å². The van der Waals surface area contributed by atoms with Crippen LogP contribution in [0.1, 0.15) is 17.3 Å². The van der Waals surface area contributed by atoms with E-state index in [0.717, 1.165) is 11.3 Å². The lowest BCUT2D eigenvalue weighted by Gasteiger charge is -2.15. The van der Waals surface area contributed by atoms with Crippen LogP contribution in [0.25, 0.3) is 0 Å². The van der Waals surface area contributed by atoms with Gasteiger partial charge in [0.1, 0.15) is 5.82 Å². The molecule has 2 rings (SSSR count). The number of hydrogen-bond acceptors (Lipinski definition) is 3. The molecule has 0 amide bonds. The van der Waals surface area contributed by atoms with Gasteiger partial charge in [-0.3, -0.25) is 16.3 Å². The number of hydrogen-bond donors (Lipinski definition) is 2. The van der Waals surface area contributed by atoms with Crippen molar-refractivity contribution in [3.63, 3.8) is 0 Å². The van der Waals surface area contributed by atoms with Crippen LogP contribution in [0, 0.1) is 5.82 Å². The molecule has 0 bridgehead atoms. The molecule has 3 nitrogen and oxygen atoms in total. The standard InChI is InChI=1S/C13H12BrClFN3/c14-9-3-8(4-11(16)6-9)5-13(19-17)12-2-1-10(15)7-18-12/h1-4,6-7,13,19H,5,17H2. The fraction of sp³-hybridized carbons (Fsp3) is 0.154. The Balaban J connectivity index is 2.21. The maximum Gasteiger partial charge on any atom is 0.124 e. The lowest BCUT2D eigenvalue weighted by atomic mass is 10.0. The van der Waals surface area contributed by atoms with Crippen molar-refractivity contribution in [3.8, 4) is 0 Å². The minimum Gasteiger partial charge on any atom is -0.271 e. The Bertz CT molecular complexity index is 542. The molecule has 0 saturated carbocycles. The van der Waals surface area contributed by atoms with Gasteiger partial charge in [0.05, 0.1) is 16.8 Å². The molecule has 0 aliphatic carbocycles. The molecule has 1 heterocycles. The largest absolute Gasteiger partial charge is 0.271 e. The second-order valence-corrected chi connectivity index (χ2v) is 5.45. The third kappa shape index (κ3) is 3.98. The Labute approximate surface area is 124 Å². The van der Waals surface area contributed by atoms with Gasteiger partial charge in [-0.05, 0) is 42.3 Å². The summed E-state index contributed by atoms with van der Waals surface area (Å²) in [4.78, 5) is 4.21. The van der Waals surface area contributed by atoms with Gasteiger partial charge in [0.2, 0.25) is 0 Å². The van der Waals surface area contributed by atoms with E-state index in [4.69, 9.17) is 17.4 Å². The highest BCUT2D eigenvalue weighted by Gasteiger charge is 2.13. The molecular weight excluding hydrogens is 333 g/mol. The van der Waals surface area contributed by atoms with Crippen LogP contribution in [0.3, 0.4) is 0 Å². The van der Waals surface area contributed by atoms with Crippen LogP contribution in [0.15, 0.2) is 41.0 Å². The predicted molar refractivity (Wildman–Crippen MR) is 77.1 cm³/mol. The molecule has 1 unspecified atom stereocenters. The predicted octanol–water partition coefficient (Wildman–Crippen LogP) is 3.38. The average Bonchev–Trinajstić information content (AvgIpc) is 2.36. The summed E-state index contributed by atoms with van der Waals surface area (Å²) in [6.45, 7) is 0. The number of pyridine rings is 1. The third-order valence-corrected chi connectivity index (χ3v) is 3.35. The van der Waals surface area contributed by atoms with Gasteiger partial charge in [0.25, 0.3) is 0 Å². The topological polar surface area (TPSA) is 50.9 Å². The summed E-state index contributed by atoms with van der Waals surface area (Å²) in [5.74, 6) is 5.25. The first-order chi connectivity index (χ1) is 9.08. The van der Waals surface area contributed by atoms with Gasteiger partial charge < -0.3 is 0 Å². The highest BCUT2D eigenvalue weighted by molar-refractivity contribution is 9.10. The Morgan fingerprint density at radius 1 is 1.37 bits per heavy atom. The fourth-order valence-corrected chi connectivity index (χ4v) is 2.43. The van der Waals surface area contributed by atoms with Crippen LogP contribution >= 0.6 is 27.5 Å². The van der Waals surface area contributed by atoms with E-state index in [1.807, 2.05) is 6.07 Å². The van der Waals surface area contributed by atoms with Crippen molar-refractivity contribution >= 4 is 27.5 Å². The molecule has 1 aromatic carbocycles. The Kier molecular flexibility index (Phi) is 4.87. The molecule has 0 radical (unpaired) electrons. The molecule has 19 heavy (non-hydrogen) atoms. The van der Waals surface area contributed by atoms with Crippen LogP contribution < -0.4 is 11.3 Å². The number of rotatable bonds is 4. The Morgan fingerprint density at radius 2 is 2.16 bits per heavy atom. The van der Waals surface area contributed by atoms with Crippen molar-refractivity contribution in [2.24, 2.45) is 5.84 Å². The first-order valence-corrected chi connectivity index (χ1v) is 6.78. The molecule has 6 heteroatoms. The van der Waals surface area contributed by atoms with Crippen molar-refractivity contribution in [3.05, 3.63) is 63.1 Å². The summed E-state index contributed by atoms with van der Waals surface area (Å²) in [5, 5.41) is 0.563. The number of nitrogens with two attached hydrogens (primary N) is 1. The Morgan fingerprint density at radius 3 is 2.74 bits per heavy atom. The first-order valence-electron chi connectivity index (χ1n) is 5.61.